The summed E-state index contributed by atoms with van der Waals surface area (Å²) in [7, 11) is 0. The van der Waals surface area contributed by atoms with Crippen molar-refractivity contribution in [1.82, 2.24) is 4.90 Å². The Labute approximate surface area is 127 Å². The zero-order valence-corrected chi connectivity index (χ0v) is 13.9. The van der Waals surface area contributed by atoms with E-state index in [0.29, 0.717) is 19.0 Å². The molecule has 1 heterocycles. The Morgan fingerprint density at radius 3 is 2.48 bits per heavy atom. The van der Waals surface area contributed by atoms with Crippen LogP contribution in [0.2, 0.25) is 0 Å². The standard InChI is InChI=1S/C16H29NO4/c1-6-11(2)13-10-17(15(20)21-16(3,4)5)8-7-12(13)9-14(18)19/h11-13H,6-10H2,1-5H3,(H,18,19). The molecular weight excluding hydrogens is 270 g/mol. The SMILES string of the molecule is CCC(C)C1CN(C(=O)OC(C)(C)C)CCC1CC(=O)O. The van der Waals surface area contributed by atoms with Crippen LogP contribution in [-0.2, 0) is 9.53 Å². The highest BCUT2D eigenvalue weighted by atomic mass is 16.6. The average molecular weight is 299 g/mol. The first-order chi connectivity index (χ1) is 9.64. The molecule has 0 aliphatic carbocycles. The van der Waals surface area contributed by atoms with Crippen LogP contribution < -0.4 is 0 Å². The molecule has 0 aromatic carbocycles. The number of carboxylic acids is 1. The van der Waals surface area contributed by atoms with Crippen LogP contribution >= 0.6 is 0 Å². The van der Waals surface area contributed by atoms with Crippen molar-refractivity contribution in [1.29, 1.82) is 0 Å². The zero-order valence-electron chi connectivity index (χ0n) is 13.9. The van der Waals surface area contributed by atoms with Gasteiger partial charge in [0.05, 0.1) is 0 Å². The number of nitrogens with zero attached hydrogens (tertiary/aromatic N) is 1. The summed E-state index contributed by atoms with van der Waals surface area (Å²) in [6.45, 7) is 11.0. The van der Waals surface area contributed by atoms with Gasteiger partial charge in [0.2, 0.25) is 0 Å². The van der Waals surface area contributed by atoms with Gasteiger partial charge in [0, 0.05) is 19.5 Å². The fourth-order valence-corrected chi connectivity index (χ4v) is 2.95. The second-order valence-corrected chi connectivity index (χ2v) is 7.12. The number of likely N-dealkylation sites (tertiary alicyclic amines) is 1. The first-order valence-corrected chi connectivity index (χ1v) is 7.83. The van der Waals surface area contributed by atoms with Gasteiger partial charge in [-0.3, -0.25) is 4.79 Å². The highest BCUT2D eigenvalue weighted by Crippen LogP contribution is 2.34. The molecule has 1 N–H and O–H groups in total. The lowest BCUT2D eigenvalue weighted by Gasteiger charge is -2.41. The van der Waals surface area contributed by atoms with Gasteiger partial charge in [0.15, 0.2) is 0 Å². The van der Waals surface area contributed by atoms with Crippen LogP contribution in [0.3, 0.4) is 0 Å². The van der Waals surface area contributed by atoms with E-state index in [0.717, 1.165) is 12.8 Å². The Morgan fingerprint density at radius 2 is 2.00 bits per heavy atom. The molecule has 1 aliphatic rings. The van der Waals surface area contributed by atoms with Crippen molar-refractivity contribution >= 4 is 12.1 Å². The van der Waals surface area contributed by atoms with E-state index in [1.54, 1.807) is 4.90 Å². The normalized spacial score (nSPS) is 24.5. The first-order valence-electron chi connectivity index (χ1n) is 7.83. The molecule has 3 atom stereocenters. The molecule has 1 fully saturated rings. The van der Waals surface area contributed by atoms with Crippen LogP contribution in [0.15, 0.2) is 0 Å². The number of amides is 1. The van der Waals surface area contributed by atoms with Gasteiger partial charge in [-0.1, -0.05) is 20.3 Å². The molecule has 3 unspecified atom stereocenters. The van der Waals surface area contributed by atoms with Crippen molar-refractivity contribution in [2.24, 2.45) is 17.8 Å². The minimum Gasteiger partial charge on any atom is -0.481 e. The Bertz CT molecular complexity index is 375. The quantitative estimate of drug-likeness (QED) is 0.864. The van der Waals surface area contributed by atoms with E-state index < -0.39 is 11.6 Å². The molecule has 0 aromatic rings. The van der Waals surface area contributed by atoms with Crippen molar-refractivity contribution in [2.75, 3.05) is 13.1 Å². The van der Waals surface area contributed by atoms with Crippen molar-refractivity contribution in [3.8, 4) is 0 Å². The third-order valence-corrected chi connectivity index (χ3v) is 4.27. The molecule has 5 heteroatoms. The monoisotopic (exact) mass is 299 g/mol. The molecule has 122 valence electrons. The van der Waals surface area contributed by atoms with E-state index in [-0.39, 0.29) is 24.3 Å². The van der Waals surface area contributed by atoms with Gasteiger partial charge in [-0.05, 0) is 44.9 Å². The molecule has 0 spiro atoms. The summed E-state index contributed by atoms with van der Waals surface area (Å²) in [6, 6.07) is 0. The average Bonchev–Trinajstić information content (AvgIpc) is 2.35. The maximum Gasteiger partial charge on any atom is 0.410 e. The molecule has 0 saturated carbocycles. The van der Waals surface area contributed by atoms with E-state index in [1.165, 1.54) is 0 Å². The summed E-state index contributed by atoms with van der Waals surface area (Å²) in [4.78, 5) is 24.9. The molecule has 1 amide bonds. The van der Waals surface area contributed by atoms with Crippen LogP contribution in [0, 0.1) is 17.8 Å². The fourth-order valence-electron chi connectivity index (χ4n) is 2.95. The van der Waals surface area contributed by atoms with Gasteiger partial charge in [0.25, 0.3) is 0 Å². The fraction of sp³-hybridized carbons (Fsp3) is 0.875. The lowest BCUT2D eigenvalue weighted by atomic mass is 9.75. The predicted octanol–water partition coefficient (Wildman–Crippen LogP) is 3.38. The second kappa shape index (κ2) is 7.14. The molecule has 0 aromatic heterocycles. The van der Waals surface area contributed by atoms with Gasteiger partial charge >= 0.3 is 12.1 Å². The van der Waals surface area contributed by atoms with Crippen LogP contribution in [0.1, 0.15) is 53.9 Å². The minimum absolute atomic E-state index is 0.149. The maximum atomic E-state index is 12.2. The van der Waals surface area contributed by atoms with E-state index in [4.69, 9.17) is 9.84 Å². The maximum absolute atomic E-state index is 12.2. The van der Waals surface area contributed by atoms with Crippen LogP contribution in [0.25, 0.3) is 0 Å². The zero-order chi connectivity index (χ0) is 16.2. The van der Waals surface area contributed by atoms with Crippen molar-refractivity contribution in [3.63, 3.8) is 0 Å². The van der Waals surface area contributed by atoms with E-state index >= 15 is 0 Å². The molecule has 1 saturated heterocycles. The Morgan fingerprint density at radius 1 is 1.38 bits per heavy atom. The summed E-state index contributed by atoms with van der Waals surface area (Å²) >= 11 is 0. The van der Waals surface area contributed by atoms with E-state index in [9.17, 15) is 9.59 Å². The largest absolute Gasteiger partial charge is 0.481 e. The number of hydrogen-bond acceptors (Lipinski definition) is 3. The molecule has 21 heavy (non-hydrogen) atoms. The second-order valence-electron chi connectivity index (χ2n) is 7.12. The molecular formula is C16H29NO4. The van der Waals surface area contributed by atoms with Crippen molar-refractivity contribution in [2.45, 2.75) is 59.5 Å². The summed E-state index contributed by atoms with van der Waals surface area (Å²) in [5, 5.41) is 9.06. The van der Waals surface area contributed by atoms with Crippen LogP contribution in [-0.4, -0.2) is 40.8 Å². The third-order valence-electron chi connectivity index (χ3n) is 4.27. The third kappa shape index (κ3) is 5.56. The minimum atomic E-state index is -0.751. The number of ether oxygens (including phenoxy) is 1. The van der Waals surface area contributed by atoms with Crippen LogP contribution in [0.5, 0.6) is 0 Å². The topological polar surface area (TPSA) is 66.8 Å². The molecule has 0 radical (unpaired) electrons. The Hall–Kier alpha value is -1.26. The number of aliphatic carboxylic acids is 1. The number of rotatable bonds is 4. The van der Waals surface area contributed by atoms with Gasteiger partial charge < -0.3 is 14.7 Å². The predicted molar refractivity (Wildman–Crippen MR) is 81.1 cm³/mol. The summed E-state index contributed by atoms with van der Waals surface area (Å²) in [5.74, 6) is 0.0297. The van der Waals surface area contributed by atoms with Gasteiger partial charge in [-0.15, -0.1) is 0 Å². The van der Waals surface area contributed by atoms with Gasteiger partial charge in [-0.25, -0.2) is 4.79 Å². The van der Waals surface area contributed by atoms with E-state index in [2.05, 4.69) is 13.8 Å². The summed E-state index contributed by atoms with van der Waals surface area (Å²) in [6.07, 6.45) is 1.63. The van der Waals surface area contributed by atoms with Crippen molar-refractivity contribution < 1.29 is 19.4 Å². The first kappa shape index (κ1) is 17.8. The van der Waals surface area contributed by atoms with E-state index in [1.807, 2.05) is 20.8 Å². The number of piperidine rings is 1. The lowest BCUT2D eigenvalue weighted by molar-refractivity contribution is -0.139. The molecule has 5 nitrogen and oxygen atoms in total. The van der Waals surface area contributed by atoms with Crippen molar-refractivity contribution in [3.05, 3.63) is 0 Å². The Balaban J connectivity index is 2.74. The molecule has 1 aliphatic heterocycles. The summed E-state index contributed by atoms with van der Waals surface area (Å²) in [5.41, 5.74) is -0.499. The van der Waals surface area contributed by atoms with Crippen LogP contribution in [0.4, 0.5) is 4.79 Å². The Kier molecular flexibility index (Phi) is 6.05. The number of carboxylic acid groups (broad SMARTS) is 1. The van der Waals surface area contributed by atoms with Gasteiger partial charge in [0.1, 0.15) is 5.60 Å². The lowest BCUT2D eigenvalue weighted by Crippen LogP contribution is -2.47. The van der Waals surface area contributed by atoms with Gasteiger partial charge in [-0.2, -0.15) is 0 Å². The highest BCUT2D eigenvalue weighted by Gasteiger charge is 2.36. The summed E-state index contributed by atoms with van der Waals surface area (Å²) < 4.78 is 5.43. The highest BCUT2D eigenvalue weighted by molar-refractivity contribution is 5.69. The number of carbonyl (C=O) groups is 2. The molecule has 0 bridgehead atoms. The number of carbonyl (C=O) groups excluding carboxylic acids is 1. The molecule has 1 rings (SSSR count). The number of hydrogen-bond donors (Lipinski definition) is 1. The smallest absolute Gasteiger partial charge is 0.410 e.